The molecule has 6 unspecified atom stereocenters. The van der Waals surface area contributed by atoms with Crippen molar-refractivity contribution in [2.75, 3.05) is 36.0 Å². The van der Waals surface area contributed by atoms with Crippen molar-refractivity contribution in [1.82, 2.24) is 29.7 Å². The van der Waals surface area contributed by atoms with Gasteiger partial charge in [0.05, 0.1) is 41.4 Å². The highest BCUT2D eigenvalue weighted by Gasteiger charge is 2.61. The predicted octanol–water partition coefficient (Wildman–Crippen LogP) is 14.3. The van der Waals surface area contributed by atoms with E-state index in [1.807, 2.05) is 48.0 Å². The molecule has 2 spiro atoms. The molecule has 81 heavy (non-hydrogen) atoms. The zero-order valence-electron chi connectivity index (χ0n) is 44.1. The number of likely N-dealkylation sites (tertiary alicyclic amines) is 2. The highest BCUT2D eigenvalue weighted by Crippen LogP contribution is 2.61. The van der Waals surface area contributed by atoms with E-state index >= 15 is 4.39 Å². The van der Waals surface area contributed by atoms with E-state index in [4.69, 9.17) is 70.7 Å². The van der Waals surface area contributed by atoms with Crippen LogP contribution < -0.4 is 9.80 Å². The maximum Gasteiger partial charge on any atom is 0.337 e. The molecule has 4 aromatic heterocycles. The summed E-state index contributed by atoms with van der Waals surface area (Å²) in [5.41, 5.74) is 8.69. The lowest BCUT2D eigenvalue weighted by Gasteiger charge is -2.56. The second-order valence-corrected chi connectivity index (χ2v) is 27.5. The standard InChI is InChI=1S/C61H55Cl4FN8O6S/c1-70-22-39(58(77)78)36-11-9-32(17-47(36)70)73-35-10-12-49(73)61(21-35)27-72(28-61)23-40-52(68-79-55(40)29-5-6-29)51-44(64)13-30(14-45(51)65)37-18-38(37)56-41(53(69-80-56)50-42(62)3-2-4-43(50)63)24-71-25-60(26-71)19-33-7-8-34(20-60)74(33)59-67-54-46(66)15-31(57(75)76)16-48(54)81-59/h2-4,9,11,13-17,22,29,33-35,37-38,49H,5-8,10,12,18-21,23-28H2,1H3,(H,75,76)(H,77,78). The van der Waals surface area contributed by atoms with E-state index in [9.17, 15) is 19.8 Å². The second kappa shape index (κ2) is 18.4. The lowest BCUT2D eigenvalue weighted by Crippen LogP contribution is -2.62. The van der Waals surface area contributed by atoms with Crippen LogP contribution in [0.25, 0.3) is 43.6 Å². The number of carboxylic acids is 2. The molecule has 4 aromatic carbocycles. The fourth-order valence-electron chi connectivity index (χ4n) is 16.3. The Morgan fingerprint density at radius 2 is 1.37 bits per heavy atom. The van der Waals surface area contributed by atoms with Crippen molar-refractivity contribution < 1.29 is 33.2 Å². The fourth-order valence-corrected chi connectivity index (χ4v) is 18.7. The molecule has 8 aliphatic rings. The third kappa shape index (κ3) is 8.07. The van der Waals surface area contributed by atoms with Gasteiger partial charge in [0.1, 0.15) is 28.4 Å². The van der Waals surface area contributed by atoms with Gasteiger partial charge in [-0.25, -0.2) is 19.0 Å². The van der Waals surface area contributed by atoms with Crippen LogP contribution in [0.15, 0.2) is 75.9 Å². The molecule has 16 rings (SSSR count). The summed E-state index contributed by atoms with van der Waals surface area (Å²) in [6.45, 7) is 5.07. The average molecular weight is 1190 g/mol. The number of hydrogen-bond donors (Lipinski definition) is 2. The Labute approximate surface area is 489 Å². The Morgan fingerprint density at radius 1 is 0.728 bits per heavy atom. The topological polar surface area (TPSA) is 157 Å². The van der Waals surface area contributed by atoms with E-state index in [-0.39, 0.29) is 45.8 Å². The molecule has 2 aliphatic carbocycles. The number of carboxylic acid groups (broad SMARTS) is 2. The van der Waals surface area contributed by atoms with Gasteiger partial charge in [-0.2, -0.15) is 0 Å². The Bertz CT molecular complexity index is 3930. The summed E-state index contributed by atoms with van der Waals surface area (Å²) < 4.78 is 30.2. The van der Waals surface area contributed by atoms with Gasteiger partial charge in [0.25, 0.3) is 0 Å². The maximum absolute atomic E-state index is 15.1. The van der Waals surface area contributed by atoms with E-state index in [0.29, 0.717) is 84.0 Å². The van der Waals surface area contributed by atoms with Gasteiger partial charge in [0, 0.05) is 127 Å². The van der Waals surface area contributed by atoms with Gasteiger partial charge in [-0.15, -0.1) is 0 Å². The summed E-state index contributed by atoms with van der Waals surface area (Å²) in [6.07, 6.45) is 12.2. The number of benzene rings is 4. The highest BCUT2D eigenvalue weighted by atomic mass is 35.5. The van der Waals surface area contributed by atoms with Gasteiger partial charge in [0.15, 0.2) is 10.9 Å². The SMILES string of the molecule is Cn1cc(C(=O)O)c2ccc(N3C4CCC3C3(C4)CN(Cc4c(-c5c(Cl)cc(C6CC6c6onc(-c7c(Cl)cccc7Cl)c6CN6CC7(CC8CCC(C7)N8c7nc8c(F)cc(C(=O)O)cc8s7)C6)cc5Cl)noc4C4CC4)C3)cc21. The summed E-state index contributed by atoms with van der Waals surface area (Å²) in [5.74, 6) is -0.471. The molecule has 2 N–H and O–H groups in total. The molecule has 416 valence electrons. The number of thiazole rings is 1. The minimum absolute atomic E-state index is 0.0236. The molecule has 6 atom stereocenters. The highest BCUT2D eigenvalue weighted by molar-refractivity contribution is 7.22. The van der Waals surface area contributed by atoms with Crippen molar-refractivity contribution in [3.8, 4) is 22.5 Å². The lowest BCUT2D eigenvalue weighted by atomic mass is 9.68. The van der Waals surface area contributed by atoms with Crippen LogP contribution >= 0.6 is 57.7 Å². The minimum Gasteiger partial charge on any atom is -0.478 e. The molecule has 0 amide bonds. The smallest absolute Gasteiger partial charge is 0.337 e. The number of anilines is 2. The molecular formula is C61H55Cl4FN8O6S. The van der Waals surface area contributed by atoms with Crippen LogP contribution in [0.5, 0.6) is 0 Å². The zero-order chi connectivity index (χ0) is 55.1. The van der Waals surface area contributed by atoms with E-state index in [0.717, 1.165) is 141 Å². The number of nitrogens with zero attached hydrogens (tertiary/aromatic N) is 8. The first kappa shape index (κ1) is 51.0. The first-order valence-electron chi connectivity index (χ1n) is 28.2. The average Bonchev–Trinajstić information content (AvgIpc) is 3.68. The number of rotatable bonds is 13. The van der Waals surface area contributed by atoms with Crippen molar-refractivity contribution in [2.45, 2.75) is 119 Å². The third-order valence-corrected chi connectivity index (χ3v) is 22.1. The summed E-state index contributed by atoms with van der Waals surface area (Å²) in [7, 11) is 1.92. The Balaban J connectivity index is 0.627. The van der Waals surface area contributed by atoms with Crippen molar-refractivity contribution >= 4 is 102 Å². The Morgan fingerprint density at radius 3 is 2.05 bits per heavy atom. The van der Waals surface area contributed by atoms with Crippen LogP contribution in [-0.2, 0) is 20.1 Å². The van der Waals surface area contributed by atoms with Crippen molar-refractivity contribution in [3.63, 3.8) is 0 Å². The van der Waals surface area contributed by atoms with Crippen molar-refractivity contribution in [1.29, 1.82) is 0 Å². The van der Waals surface area contributed by atoms with Gasteiger partial charge in [-0.1, -0.05) is 74.1 Å². The van der Waals surface area contributed by atoms with Crippen LogP contribution in [0.2, 0.25) is 20.1 Å². The maximum atomic E-state index is 15.1. The van der Waals surface area contributed by atoms with Crippen LogP contribution in [0.3, 0.4) is 0 Å². The monoisotopic (exact) mass is 1190 g/mol. The molecule has 2 saturated carbocycles. The van der Waals surface area contributed by atoms with Crippen molar-refractivity contribution in [2.24, 2.45) is 17.9 Å². The molecule has 20 heteroatoms. The second-order valence-electron chi connectivity index (χ2n) is 24.9. The van der Waals surface area contributed by atoms with Crippen LogP contribution in [0, 0.1) is 16.6 Å². The summed E-state index contributed by atoms with van der Waals surface area (Å²) in [5, 5.41) is 32.4. The largest absolute Gasteiger partial charge is 0.478 e. The van der Waals surface area contributed by atoms with Gasteiger partial charge in [-0.3, -0.25) is 9.80 Å². The molecular weight excluding hydrogens is 1130 g/mol. The van der Waals surface area contributed by atoms with E-state index in [2.05, 4.69) is 31.7 Å². The number of aromatic nitrogens is 4. The Kier molecular flexibility index (Phi) is 11.6. The first-order valence-corrected chi connectivity index (χ1v) is 30.5. The van der Waals surface area contributed by atoms with Gasteiger partial charge < -0.3 is 33.6 Å². The summed E-state index contributed by atoms with van der Waals surface area (Å²) in [4.78, 5) is 38.4. The molecule has 0 radical (unpaired) electrons. The van der Waals surface area contributed by atoms with Crippen LogP contribution in [0.4, 0.5) is 15.2 Å². The zero-order valence-corrected chi connectivity index (χ0v) is 47.9. The molecule has 6 aliphatic heterocycles. The normalized spacial score (nSPS) is 25.3. The lowest BCUT2D eigenvalue weighted by molar-refractivity contribution is -0.0351. The molecule has 8 fully saturated rings. The van der Waals surface area contributed by atoms with E-state index < -0.39 is 17.8 Å². The fraction of sp³-hybridized carbons (Fsp3) is 0.426. The molecule has 8 aromatic rings. The Hall–Kier alpha value is -5.72. The third-order valence-electron chi connectivity index (χ3n) is 19.8. The van der Waals surface area contributed by atoms with Crippen LogP contribution in [-0.4, -0.2) is 102 Å². The summed E-state index contributed by atoms with van der Waals surface area (Å²) in [6, 6.07) is 19.8. The van der Waals surface area contributed by atoms with Crippen molar-refractivity contribution in [3.05, 3.63) is 132 Å². The number of piperidine rings is 1. The summed E-state index contributed by atoms with van der Waals surface area (Å²) >= 11 is 29.9. The molecule has 14 nitrogen and oxygen atoms in total. The number of hydrogen-bond acceptors (Lipinski definition) is 12. The van der Waals surface area contributed by atoms with Gasteiger partial charge in [0.2, 0.25) is 0 Å². The van der Waals surface area contributed by atoms with Crippen LogP contribution in [0.1, 0.15) is 131 Å². The number of aryl methyl sites for hydroxylation is 1. The number of aromatic carboxylic acids is 2. The van der Waals surface area contributed by atoms with E-state index in [1.165, 1.54) is 23.1 Å². The number of halogens is 5. The minimum atomic E-state index is -1.16. The predicted molar refractivity (Wildman–Crippen MR) is 310 cm³/mol. The quantitative estimate of drug-likeness (QED) is 0.112. The number of carbonyl (C=O) groups is 2. The van der Waals surface area contributed by atoms with Gasteiger partial charge >= 0.3 is 11.9 Å². The van der Waals surface area contributed by atoms with Gasteiger partial charge in [-0.05, 0) is 136 Å². The molecule has 4 bridgehead atoms. The molecule has 6 saturated heterocycles. The van der Waals surface area contributed by atoms with E-state index in [1.54, 1.807) is 6.20 Å². The number of fused-ring (bicyclic) bond motifs is 7. The first-order chi connectivity index (χ1) is 39.1. The molecule has 10 heterocycles.